The van der Waals surface area contributed by atoms with Crippen LogP contribution in [0.5, 0.6) is 0 Å². The van der Waals surface area contributed by atoms with E-state index in [0.29, 0.717) is 6.04 Å². The van der Waals surface area contributed by atoms with Gasteiger partial charge in [0.15, 0.2) is 6.10 Å². The van der Waals surface area contributed by atoms with Gasteiger partial charge < -0.3 is 14.6 Å². The van der Waals surface area contributed by atoms with Gasteiger partial charge in [0.05, 0.1) is 0 Å². The summed E-state index contributed by atoms with van der Waals surface area (Å²) in [6.45, 7) is 5.62. The maximum absolute atomic E-state index is 12.4. The molecule has 1 aromatic rings. The predicted octanol–water partition coefficient (Wildman–Crippen LogP) is 3.73. The molecule has 0 bridgehead atoms. The zero-order valence-corrected chi connectivity index (χ0v) is 17.0. The van der Waals surface area contributed by atoms with E-state index in [1.54, 1.807) is 6.08 Å². The molecule has 2 fully saturated rings. The normalized spacial score (nSPS) is 19.0. The van der Waals surface area contributed by atoms with Crippen LogP contribution in [-0.4, -0.2) is 28.6 Å². The van der Waals surface area contributed by atoms with E-state index in [2.05, 4.69) is 16.8 Å². The van der Waals surface area contributed by atoms with Crippen LogP contribution in [-0.2, 0) is 14.3 Å². The van der Waals surface area contributed by atoms with Crippen molar-refractivity contribution >= 4 is 18.0 Å². The molecule has 0 aromatic carbocycles. The number of carbonyl (C=O) groups excluding carboxylic acids is 2. The molecule has 1 N–H and O–H groups in total. The van der Waals surface area contributed by atoms with Crippen molar-refractivity contribution in [2.24, 2.45) is 0 Å². The minimum atomic E-state index is -0.917. The molecule has 1 heterocycles. The third-order valence-corrected chi connectivity index (χ3v) is 5.68. The standard InChI is InChI=1S/C22H29N3O3/c1-14-11-17(15(2)25(14)20-7-5-4-6-8-20)12-18(13-23)22(27)28-16(3)21(26)24-19-9-10-19/h11-12,16,19-20H,4-10H2,1-3H3,(H,24,26)/b18-12+/t16-/m0/s1. The molecule has 2 aliphatic rings. The molecular weight excluding hydrogens is 354 g/mol. The maximum Gasteiger partial charge on any atom is 0.349 e. The van der Waals surface area contributed by atoms with E-state index in [0.717, 1.165) is 29.8 Å². The lowest BCUT2D eigenvalue weighted by molar-refractivity contribution is -0.150. The average Bonchev–Trinajstić information content (AvgIpc) is 3.44. The molecule has 3 rings (SSSR count). The van der Waals surface area contributed by atoms with E-state index in [1.807, 2.05) is 19.1 Å². The Morgan fingerprint density at radius 3 is 2.54 bits per heavy atom. The van der Waals surface area contributed by atoms with Crippen LogP contribution in [0.1, 0.15) is 74.9 Å². The second-order valence-corrected chi connectivity index (χ2v) is 7.99. The highest BCUT2D eigenvalue weighted by molar-refractivity contribution is 5.99. The first kappa shape index (κ1) is 20.2. The molecule has 6 heteroatoms. The van der Waals surface area contributed by atoms with Crippen molar-refractivity contribution < 1.29 is 14.3 Å². The van der Waals surface area contributed by atoms with Gasteiger partial charge >= 0.3 is 5.97 Å². The van der Waals surface area contributed by atoms with Crippen LogP contribution < -0.4 is 5.32 Å². The molecule has 1 amide bonds. The third-order valence-electron chi connectivity index (χ3n) is 5.68. The number of aryl methyl sites for hydroxylation is 1. The van der Waals surface area contributed by atoms with Gasteiger partial charge in [0.1, 0.15) is 11.6 Å². The summed E-state index contributed by atoms with van der Waals surface area (Å²) in [5.74, 6) is -1.08. The summed E-state index contributed by atoms with van der Waals surface area (Å²) >= 11 is 0. The van der Waals surface area contributed by atoms with Crippen molar-refractivity contribution in [1.82, 2.24) is 9.88 Å². The summed E-state index contributed by atoms with van der Waals surface area (Å²) in [5.41, 5.74) is 2.96. The van der Waals surface area contributed by atoms with E-state index < -0.39 is 12.1 Å². The molecule has 0 spiro atoms. The minimum Gasteiger partial charge on any atom is -0.448 e. The van der Waals surface area contributed by atoms with Gasteiger partial charge in [-0.05, 0) is 64.2 Å². The number of hydrogen-bond acceptors (Lipinski definition) is 4. The van der Waals surface area contributed by atoms with E-state index in [-0.39, 0.29) is 17.5 Å². The summed E-state index contributed by atoms with van der Waals surface area (Å²) in [5, 5.41) is 12.3. The smallest absolute Gasteiger partial charge is 0.349 e. The molecule has 150 valence electrons. The molecular formula is C22H29N3O3. The van der Waals surface area contributed by atoms with E-state index in [9.17, 15) is 14.9 Å². The van der Waals surface area contributed by atoms with Crippen LogP contribution in [0.3, 0.4) is 0 Å². The number of hydrogen-bond donors (Lipinski definition) is 1. The Morgan fingerprint density at radius 1 is 1.25 bits per heavy atom. The Kier molecular flexibility index (Phi) is 6.23. The molecule has 2 saturated carbocycles. The second kappa shape index (κ2) is 8.64. The number of nitrogens with zero attached hydrogens (tertiary/aromatic N) is 2. The van der Waals surface area contributed by atoms with Crippen LogP contribution >= 0.6 is 0 Å². The van der Waals surface area contributed by atoms with Crippen molar-refractivity contribution in [3.63, 3.8) is 0 Å². The number of rotatable bonds is 6. The Hall–Kier alpha value is -2.55. The lowest BCUT2D eigenvalue weighted by Gasteiger charge is -2.26. The van der Waals surface area contributed by atoms with Gasteiger partial charge in [-0.15, -0.1) is 0 Å². The molecule has 0 radical (unpaired) electrons. The first-order chi connectivity index (χ1) is 13.4. The fourth-order valence-electron chi connectivity index (χ4n) is 3.97. The summed E-state index contributed by atoms with van der Waals surface area (Å²) in [7, 11) is 0. The van der Waals surface area contributed by atoms with Crippen molar-refractivity contribution in [2.45, 2.75) is 83.9 Å². The highest BCUT2D eigenvalue weighted by Gasteiger charge is 2.28. The third kappa shape index (κ3) is 4.64. The van der Waals surface area contributed by atoms with Crippen molar-refractivity contribution in [3.8, 4) is 6.07 Å². The lowest BCUT2D eigenvalue weighted by atomic mass is 9.95. The number of amides is 1. The van der Waals surface area contributed by atoms with Gasteiger partial charge in [-0.1, -0.05) is 19.3 Å². The average molecular weight is 383 g/mol. The van der Waals surface area contributed by atoms with Gasteiger partial charge in [-0.3, -0.25) is 4.79 Å². The first-order valence-corrected chi connectivity index (χ1v) is 10.2. The summed E-state index contributed by atoms with van der Waals surface area (Å²) < 4.78 is 7.54. The quantitative estimate of drug-likeness (QED) is 0.461. The zero-order valence-electron chi connectivity index (χ0n) is 17.0. The molecule has 1 aromatic heterocycles. The largest absolute Gasteiger partial charge is 0.448 e. The fraction of sp³-hybridized carbons (Fsp3) is 0.591. The Morgan fingerprint density at radius 2 is 1.93 bits per heavy atom. The molecule has 0 aliphatic heterocycles. The van der Waals surface area contributed by atoms with Crippen LogP contribution in [0.15, 0.2) is 11.6 Å². The Labute approximate surface area is 166 Å². The van der Waals surface area contributed by atoms with Gasteiger partial charge in [-0.25, -0.2) is 4.79 Å². The van der Waals surface area contributed by atoms with Crippen molar-refractivity contribution in [3.05, 3.63) is 28.6 Å². The van der Waals surface area contributed by atoms with Gasteiger partial charge in [0, 0.05) is 23.5 Å². The highest BCUT2D eigenvalue weighted by Crippen LogP contribution is 2.32. The molecule has 0 unspecified atom stereocenters. The SMILES string of the molecule is Cc1cc(/C=C(\C#N)C(=O)O[C@@H](C)C(=O)NC2CC2)c(C)n1C1CCCCC1. The molecule has 2 aliphatic carbocycles. The van der Waals surface area contributed by atoms with Crippen molar-refractivity contribution in [2.75, 3.05) is 0 Å². The van der Waals surface area contributed by atoms with E-state index in [4.69, 9.17) is 4.74 Å². The maximum atomic E-state index is 12.4. The number of nitriles is 1. The van der Waals surface area contributed by atoms with Crippen LogP contribution in [0.2, 0.25) is 0 Å². The van der Waals surface area contributed by atoms with Gasteiger partial charge in [0.25, 0.3) is 5.91 Å². The molecule has 6 nitrogen and oxygen atoms in total. The Bertz CT molecular complexity index is 821. The fourth-order valence-corrected chi connectivity index (χ4v) is 3.97. The highest BCUT2D eigenvalue weighted by atomic mass is 16.5. The van der Waals surface area contributed by atoms with Gasteiger partial charge in [0.2, 0.25) is 0 Å². The summed E-state index contributed by atoms with van der Waals surface area (Å²) in [6.07, 6.45) is 8.70. The van der Waals surface area contributed by atoms with Crippen molar-refractivity contribution in [1.29, 1.82) is 5.26 Å². The number of aromatic nitrogens is 1. The molecule has 1 atom stereocenters. The number of ether oxygens (including phenoxy) is 1. The van der Waals surface area contributed by atoms with Gasteiger partial charge in [-0.2, -0.15) is 5.26 Å². The van der Waals surface area contributed by atoms with E-state index in [1.165, 1.54) is 39.0 Å². The predicted molar refractivity (Wildman–Crippen MR) is 106 cm³/mol. The lowest BCUT2D eigenvalue weighted by Crippen LogP contribution is -2.37. The first-order valence-electron chi connectivity index (χ1n) is 10.2. The van der Waals surface area contributed by atoms with Crippen LogP contribution in [0, 0.1) is 25.2 Å². The van der Waals surface area contributed by atoms with Crippen LogP contribution in [0.25, 0.3) is 6.08 Å². The number of esters is 1. The number of nitrogens with one attached hydrogen (secondary N) is 1. The summed E-state index contributed by atoms with van der Waals surface area (Å²) in [6, 6.07) is 4.63. The Balaban J connectivity index is 1.73. The summed E-state index contributed by atoms with van der Waals surface area (Å²) in [4.78, 5) is 24.4. The number of carbonyl (C=O) groups is 2. The minimum absolute atomic E-state index is 0.0880. The topological polar surface area (TPSA) is 84.1 Å². The van der Waals surface area contributed by atoms with E-state index >= 15 is 0 Å². The molecule has 28 heavy (non-hydrogen) atoms. The monoisotopic (exact) mass is 383 g/mol. The van der Waals surface area contributed by atoms with Crippen LogP contribution in [0.4, 0.5) is 0 Å². The zero-order chi connectivity index (χ0) is 20.3. The molecule has 0 saturated heterocycles. The second-order valence-electron chi connectivity index (χ2n) is 7.99.